The van der Waals surface area contributed by atoms with Gasteiger partial charge in [-0.1, -0.05) is 52.8 Å². The fourth-order valence-electron chi connectivity index (χ4n) is 1.61. The molecule has 0 bridgehead atoms. The van der Waals surface area contributed by atoms with Crippen LogP contribution in [-0.4, -0.2) is 0 Å². The predicted octanol–water partition coefficient (Wildman–Crippen LogP) is 5.36. The van der Waals surface area contributed by atoms with Crippen LogP contribution in [0, 0.1) is 5.41 Å². The second-order valence-electron chi connectivity index (χ2n) is 4.24. The Morgan fingerprint density at radius 3 is 1.93 bits per heavy atom. The first kappa shape index (κ1) is 15.9. The molecule has 0 fully saturated rings. The van der Waals surface area contributed by atoms with Gasteiger partial charge in [0.05, 0.1) is 0 Å². The Morgan fingerprint density at radius 1 is 1.14 bits per heavy atom. The third-order valence-corrected chi connectivity index (χ3v) is 3.16. The van der Waals surface area contributed by atoms with E-state index in [1.165, 1.54) is 29.6 Å². The van der Waals surface area contributed by atoms with Crippen LogP contribution in [0.15, 0.2) is 23.3 Å². The van der Waals surface area contributed by atoms with Crippen LogP contribution in [0.1, 0.15) is 61.8 Å². The fraction of sp³-hybridized carbons (Fsp3) is 0.714. The molecule has 0 aromatic carbocycles. The van der Waals surface area contributed by atoms with Crippen molar-refractivity contribution in [3.8, 4) is 0 Å². The molecule has 0 unspecified atom stereocenters. The third-order valence-electron chi connectivity index (χ3n) is 3.16. The van der Waals surface area contributed by atoms with Crippen molar-refractivity contribution in [3.05, 3.63) is 23.3 Å². The third kappa shape index (κ3) is 3.32. The molecular weight excluding hydrogens is 168 g/mol. The van der Waals surface area contributed by atoms with Crippen LogP contribution < -0.4 is 0 Å². The Hall–Kier alpha value is -0.520. The number of rotatable bonds is 0. The number of hydrogen-bond donors (Lipinski definition) is 0. The van der Waals surface area contributed by atoms with Gasteiger partial charge in [0.15, 0.2) is 0 Å². The minimum Gasteiger partial charge on any atom is -0.0956 e. The molecule has 0 heteroatoms. The zero-order valence-corrected chi connectivity index (χ0v) is 10.1. The van der Waals surface area contributed by atoms with Gasteiger partial charge in [-0.2, -0.15) is 0 Å². The van der Waals surface area contributed by atoms with Crippen LogP contribution in [-0.2, 0) is 0 Å². The first-order valence-corrected chi connectivity index (χ1v) is 5.31. The van der Waals surface area contributed by atoms with Crippen LogP contribution >= 0.6 is 0 Å². The van der Waals surface area contributed by atoms with E-state index in [0.29, 0.717) is 5.41 Å². The first-order chi connectivity index (χ1) is 5.95. The molecule has 1 aliphatic carbocycles. The molecule has 1 aliphatic rings. The summed E-state index contributed by atoms with van der Waals surface area (Å²) in [5.41, 5.74) is 4.70. The molecule has 0 saturated carbocycles. The van der Waals surface area contributed by atoms with Crippen molar-refractivity contribution in [1.29, 1.82) is 0 Å². The SMILES string of the molecule is C.C=C1CCC(C)(C)C(C)=C1C.CC. The monoisotopic (exact) mass is 196 g/mol. The average molecular weight is 196 g/mol. The molecule has 0 nitrogen and oxygen atoms in total. The van der Waals surface area contributed by atoms with Crippen LogP contribution in [0.3, 0.4) is 0 Å². The number of hydrogen-bond acceptors (Lipinski definition) is 0. The van der Waals surface area contributed by atoms with Crippen molar-refractivity contribution >= 4 is 0 Å². The Kier molecular flexibility index (Phi) is 6.89. The van der Waals surface area contributed by atoms with E-state index in [2.05, 4.69) is 34.3 Å². The first-order valence-electron chi connectivity index (χ1n) is 5.31. The largest absolute Gasteiger partial charge is 0.0956 e. The molecule has 84 valence electrons. The van der Waals surface area contributed by atoms with E-state index in [0.717, 1.165) is 0 Å². The topological polar surface area (TPSA) is 0 Å². The fourth-order valence-corrected chi connectivity index (χ4v) is 1.61. The molecule has 0 amide bonds. The van der Waals surface area contributed by atoms with Gasteiger partial charge in [-0.15, -0.1) is 0 Å². The molecule has 0 N–H and O–H groups in total. The highest BCUT2D eigenvalue weighted by Crippen LogP contribution is 2.41. The second kappa shape index (κ2) is 6.06. The average Bonchev–Trinajstić information content (AvgIpc) is 2.13. The van der Waals surface area contributed by atoms with E-state index >= 15 is 0 Å². The molecular formula is C14H28. The molecule has 0 heterocycles. The summed E-state index contributed by atoms with van der Waals surface area (Å²) in [4.78, 5) is 0. The molecule has 0 aromatic rings. The molecule has 1 rings (SSSR count). The highest BCUT2D eigenvalue weighted by atomic mass is 14.3. The molecule has 0 saturated heterocycles. The quantitative estimate of drug-likeness (QED) is 0.489. The summed E-state index contributed by atoms with van der Waals surface area (Å²) < 4.78 is 0. The Bertz CT molecular complexity index is 216. The lowest BCUT2D eigenvalue weighted by molar-refractivity contribution is 0.391. The van der Waals surface area contributed by atoms with Gasteiger partial charge in [-0.3, -0.25) is 0 Å². The summed E-state index contributed by atoms with van der Waals surface area (Å²) in [6.07, 6.45) is 2.44. The second-order valence-corrected chi connectivity index (χ2v) is 4.24. The van der Waals surface area contributed by atoms with Crippen molar-refractivity contribution in [2.75, 3.05) is 0 Å². The highest BCUT2D eigenvalue weighted by Gasteiger charge is 2.26. The molecule has 0 aliphatic heterocycles. The van der Waals surface area contributed by atoms with Crippen LogP contribution in [0.4, 0.5) is 0 Å². The van der Waals surface area contributed by atoms with Crippen molar-refractivity contribution < 1.29 is 0 Å². The van der Waals surface area contributed by atoms with E-state index in [9.17, 15) is 0 Å². The van der Waals surface area contributed by atoms with E-state index in [1.807, 2.05) is 13.8 Å². The molecule has 0 radical (unpaired) electrons. The maximum absolute atomic E-state index is 4.05. The van der Waals surface area contributed by atoms with Gasteiger partial charge in [0.1, 0.15) is 0 Å². The van der Waals surface area contributed by atoms with Crippen molar-refractivity contribution in [3.63, 3.8) is 0 Å². The molecule has 14 heavy (non-hydrogen) atoms. The van der Waals surface area contributed by atoms with Crippen LogP contribution in [0.5, 0.6) is 0 Å². The predicted molar refractivity (Wildman–Crippen MR) is 68.6 cm³/mol. The summed E-state index contributed by atoms with van der Waals surface area (Å²) >= 11 is 0. The van der Waals surface area contributed by atoms with E-state index in [4.69, 9.17) is 0 Å². The molecule has 0 atom stereocenters. The zero-order chi connectivity index (χ0) is 10.6. The minimum atomic E-state index is 0. The van der Waals surface area contributed by atoms with Gasteiger partial charge < -0.3 is 0 Å². The van der Waals surface area contributed by atoms with Crippen molar-refractivity contribution in [2.45, 2.75) is 61.8 Å². The molecule has 0 spiro atoms. The Morgan fingerprint density at radius 2 is 1.57 bits per heavy atom. The zero-order valence-electron chi connectivity index (χ0n) is 10.1. The van der Waals surface area contributed by atoms with Gasteiger partial charge in [0.2, 0.25) is 0 Å². The highest BCUT2D eigenvalue weighted by molar-refractivity contribution is 5.36. The van der Waals surface area contributed by atoms with Crippen molar-refractivity contribution in [1.82, 2.24) is 0 Å². The molecule has 0 aromatic heterocycles. The maximum atomic E-state index is 4.05. The lowest BCUT2D eigenvalue weighted by atomic mass is 9.72. The summed E-state index contributed by atoms with van der Waals surface area (Å²) in [6, 6.07) is 0. The van der Waals surface area contributed by atoms with Crippen LogP contribution in [0.25, 0.3) is 0 Å². The summed E-state index contributed by atoms with van der Waals surface area (Å²) in [5.74, 6) is 0. The van der Waals surface area contributed by atoms with Crippen molar-refractivity contribution in [2.24, 2.45) is 5.41 Å². The van der Waals surface area contributed by atoms with Gasteiger partial charge in [0, 0.05) is 0 Å². The van der Waals surface area contributed by atoms with E-state index in [1.54, 1.807) is 0 Å². The smallest absolute Gasteiger partial charge is 0.0138 e. The normalized spacial score (nSPS) is 19.4. The lowest BCUT2D eigenvalue weighted by Gasteiger charge is -2.33. The van der Waals surface area contributed by atoms with E-state index in [-0.39, 0.29) is 7.43 Å². The van der Waals surface area contributed by atoms with Gasteiger partial charge in [0.25, 0.3) is 0 Å². The minimum absolute atomic E-state index is 0. The number of allylic oxidation sites excluding steroid dienone is 3. The van der Waals surface area contributed by atoms with Crippen LogP contribution in [0.2, 0.25) is 0 Å². The summed E-state index contributed by atoms with van der Waals surface area (Å²) in [7, 11) is 0. The summed E-state index contributed by atoms with van der Waals surface area (Å²) in [6.45, 7) is 17.1. The Balaban J connectivity index is 0. The maximum Gasteiger partial charge on any atom is -0.0138 e. The van der Waals surface area contributed by atoms with Gasteiger partial charge in [-0.25, -0.2) is 0 Å². The Labute approximate surface area is 91.1 Å². The standard InChI is InChI=1S/C11H18.C2H6.CH4/c1-8-6-7-11(4,5)10(3)9(8)2;1-2;/h1,6-7H2,2-5H3;1-2H3;1H4. The lowest BCUT2D eigenvalue weighted by Crippen LogP contribution is -2.19. The summed E-state index contributed by atoms with van der Waals surface area (Å²) in [5, 5.41) is 0. The van der Waals surface area contributed by atoms with E-state index < -0.39 is 0 Å². The van der Waals surface area contributed by atoms with Gasteiger partial charge in [-0.05, 0) is 37.7 Å². The van der Waals surface area contributed by atoms with Gasteiger partial charge >= 0.3 is 0 Å².